The molecule has 1 amide bonds. The lowest BCUT2D eigenvalue weighted by atomic mass is 9.82. The van der Waals surface area contributed by atoms with Crippen LogP contribution in [-0.4, -0.2) is 33.5 Å². The fourth-order valence-corrected chi connectivity index (χ4v) is 1.60. The van der Waals surface area contributed by atoms with Gasteiger partial charge in [0.05, 0.1) is 17.9 Å². The van der Waals surface area contributed by atoms with Gasteiger partial charge in [0, 0.05) is 6.54 Å². The van der Waals surface area contributed by atoms with Gasteiger partial charge in [-0.15, -0.1) is 0 Å². The van der Waals surface area contributed by atoms with Crippen LogP contribution in [0.5, 0.6) is 0 Å². The molecular weight excluding hydrogens is 222 g/mol. The van der Waals surface area contributed by atoms with E-state index in [2.05, 4.69) is 15.3 Å². The number of nitrogens with zero attached hydrogens (tertiary/aromatic N) is 1. The Labute approximate surface area is 99.4 Å². The summed E-state index contributed by atoms with van der Waals surface area (Å²) < 4.78 is 0. The molecule has 0 saturated heterocycles. The van der Waals surface area contributed by atoms with E-state index in [9.17, 15) is 14.7 Å². The van der Waals surface area contributed by atoms with Gasteiger partial charge in [0.25, 0.3) is 5.91 Å². The third kappa shape index (κ3) is 2.83. The number of carboxylic acid groups (broad SMARTS) is 1. The second-order valence-corrected chi connectivity index (χ2v) is 3.94. The minimum atomic E-state index is -0.893. The topological polar surface area (TPSA) is 95.1 Å². The molecule has 0 radical (unpaired) electrons. The van der Waals surface area contributed by atoms with Gasteiger partial charge >= 0.3 is 5.97 Å². The average molecular weight is 239 g/mol. The fourth-order valence-electron chi connectivity index (χ4n) is 1.60. The molecule has 6 heteroatoms. The van der Waals surface area contributed by atoms with Gasteiger partial charge in [-0.25, -0.2) is 4.98 Å². The molecule has 1 aromatic rings. The first kappa shape index (κ1) is 13.2. The van der Waals surface area contributed by atoms with Gasteiger partial charge in [-0.3, -0.25) is 9.59 Å². The second-order valence-electron chi connectivity index (χ2n) is 3.94. The molecule has 17 heavy (non-hydrogen) atoms. The molecule has 0 aliphatic rings. The number of aromatic amines is 1. The molecule has 6 nitrogen and oxygen atoms in total. The lowest BCUT2D eigenvalue weighted by Gasteiger charge is -2.26. The highest BCUT2D eigenvalue weighted by molar-refractivity contribution is 5.92. The van der Waals surface area contributed by atoms with Crippen molar-refractivity contribution in [1.29, 1.82) is 0 Å². The van der Waals surface area contributed by atoms with Gasteiger partial charge < -0.3 is 15.4 Å². The number of amides is 1. The summed E-state index contributed by atoms with van der Waals surface area (Å²) >= 11 is 0. The van der Waals surface area contributed by atoms with Crippen LogP contribution in [0.3, 0.4) is 0 Å². The zero-order valence-electron chi connectivity index (χ0n) is 9.99. The molecule has 94 valence electrons. The summed E-state index contributed by atoms with van der Waals surface area (Å²) in [6, 6.07) is 0. The van der Waals surface area contributed by atoms with Crippen LogP contribution in [0, 0.1) is 5.41 Å². The number of aliphatic carboxylic acids is 1. The van der Waals surface area contributed by atoms with Crippen LogP contribution in [-0.2, 0) is 4.79 Å². The molecule has 0 fully saturated rings. The van der Waals surface area contributed by atoms with Crippen LogP contribution in [0.2, 0.25) is 0 Å². The number of aromatic nitrogens is 2. The number of hydrogen-bond acceptors (Lipinski definition) is 3. The van der Waals surface area contributed by atoms with E-state index in [1.54, 1.807) is 13.8 Å². The highest BCUT2D eigenvalue weighted by Crippen LogP contribution is 2.25. The van der Waals surface area contributed by atoms with E-state index in [1.807, 2.05) is 0 Å². The Hall–Kier alpha value is -1.85. The van der Waals surface area contributed by atoms with Gasteiger partial charge in [-0.1, -0.05) is 13.8 Å². The predicted octanol–water partition coefficient (Wildman–Crippen LogP) is 1.03. The molecule has 0 saturated carbocycles. The number of carbonyl (C=O) groups is 2. The van der Waals surface area contributed by atoms with E-state index in [0.29, 0.717) is 18.5 Å². The Morgan fingerprint density at radius 3 is 2.53 bits per heavy atom. The maximum atomic E-state index is 11.6. The third-order valence-electron chi connectivity index (χ3n) is 3.14. The smallest absolute Gasteiger partial charge is 0.311 e. The van der Waals surface area contributed by atoms with Gasteiger partial charge in [-0.05, 0) is 12.8 Å². The number of hydrogen-bond donors (Lipinski definition) is 3. The van der Waals surface area contributed by atoms with Crippen molar-refractivity contribution in [3.05, 3.63) is 18.2 Å². The first-order valence-corrected chi connectivity index (χ1v) is 5.55. The SMILES string of the molecule is CCC(CC)(CNC(=O)c1cnc[nH]1)C(=O)O. The van der Waals surface area contributed by atoms with Crippen molar-refractivity contribution in [3.8, 4) is 0 Å². The first-order valence-electron chi connectivity index (χ1n) is 5.55. The normalized spacial score (nSPS) is 11.2. The molecular formula is C11H17N3O3. The molecule has 0 aliphatic carbocycles. The highest BCUT2D eigenvalue weighted by Gasteiger charge is 2.35. The number of imidazole rings is 1. The zero-order chi connectivity index (χ0) is 12.9. The summed E-state index contributed by atoms with van der Waals surface area (Å²) in [6.07, 6.45) is 3.75. The molecule has 1 aromatic heterocycles. The van der Waals surface area contributed by atoms with E-state index >= 15 is 0 Å². The molecule has 0 atom stereocenters. The zero-order valence-corrected chi connectivity index (χ0v) is 9.99. The van der Waals surface area contributed by atoms with Crippen molar-refractivity contribution in [2.24, 2.45) is 5.41 Å². The van der Waals surface area contributed by atoms with E-state index in [1.165, 1.54) is 12.5 Å². The first-order chi connectivity index (χ1) is 8.05. The summed E-state index contributed by atoms with van der Waals surface area (Å²) in [4.78, 5) is 29.2. The van der Waals surface area contributed by atoms with Gasteiger partial charge in [0.15, 0.2) is 0 Å². The Morgan fingerprint density at radius 2 is 2.12 bits per heavy atom. The lowest BCUT2D eigenvalue weighted by molar-refractivity contribution is -0.149. The van der Waals surface area contributed by atoms with E-state index < -0.39 is 11.4 Å². The van der Waals surface area contributed by atoms with Crippen LogP contribution < -0.4 is 5.32 Å². The molecule has 0 aromatic carbocycles. The van der Waals surface area contributed by atoms with Crippen LogP contribution in [0.15, 0.2) is 12.5 Å². The minimum absolute atomic E-state index is 0.118. The third-order valence-corrected chi connectivity index (χ3v) is 3.14. The van der Waals surface area contributed by atoms with Crippen LogP contribution in [0.4, 0.5) is 0 Å². The van der Waals surface area contributed by atoms with Crippen molar-refractivity contribution in [2.45, 2.75) is 26.7 Å². The van der Waals surface area contributed by atoms with Gasteiger partial charge in [-0.2, -0.15) is 0 Å². The number of rotatable bonds is 6. The maximum Gasteiger partial charge on any atom is 0.311 e. The van der Waals surface area contributed by atoms with E-state index in [-0.39, 0.29) is 12.5 Å². The average Bonchev–Trinajstić information content (AvgIpc) is 2.84. The van der Waals surface area contributed by atoms with E-state index in [0.717, 1.165) is 0 Å². The van der Waals surface area contributed by atoms with Crippen molar-refractivity contribution in [1.82, 2.24) is 15.3 Å². The number of H-pyrrole nitrogens is 1. The summed E-state index contributed by atoms with van der Waals surface area (Å²) in [5.74, 6) is -1.22. The molecule has 0 bridgehead atoms. The number of carbonyl (C=O) groups excluding carboxylic acids is 1. The van der Waals surface area contributed by atoms with Crippen molar-refractivity contribution < 1.29 is 14.7 Å². The molecule has 1 heterocycles. The monoisotopic (exact) mass is 239 g/mol. The predicted molar refractivity (Wildman–Crippen MR) is 61.6 cm³/mol. The Kier molecular flexibility index (Phi) is 4.25. The number of nitrogens with one attached hydrogen (secondary N) is 2. The standard InChI is InChI=1S/C11H17N3O3/c1-3-11(4-2,10(16)17)6-13-9(15)8-5-12-7-14-8/h5,7H,3-4,6H2,1-2H3,(H,12,14)(H,13,15)(H,16,17). The van der Waals surface area contributed by atoms with Crippen molar-refractivity contribution in [2.75, 3.05) is 6.54 Å². The summed E-state index contributed by atoms with van der Waals surface area (Å²) in [7, 11) is 0. The summed E-state index contributed by atoms with van der Waals surface area (Å²) in [6.45, 7) is 3.73. The Morgan fingerprint density at radius 1 is 1.47 bits per heavy atom. The van der Waals surface area contributed by atoms with E-state index in [4.69, 9.17) is 0 Å². The maximum absolute atomic E-state index is 11.6. The van der Waals surface area contributed by atoms with Crippen molar-refractivity contribution in [3.63, 3.8) is 0 Å². The molecule has 0 aliphatic heterocycles. The van der Waals surface area contributed by atoms with Gasteiger partial charge in [0.1, 0.15) is 5.69 Å². The summed E-state index contributed by atoms with van der Waals surface area (Å²) in [5.41, 5.74) is -0.563. The quantitative estimate of drug-likeness (QED) is 0.691. The Balaban J connectivity index is 2.65. The lowest BCUT2D eigenvalue weighted by Crippen LogP contribution is -2.42. The fraction of sp³-hybridized carbons (Fsp3) is 0.545. The minimum Gasteiger partial charge on any atom is -0.481 e. The van der Waals surface area contributed by atoms with Crippen molar-refractivity contribution >= 4 is 11.9 Å². The van der Waals surface area contributed by atoms with Crippen LogP contribution in [0.1, 0.15) is 37.2 Å². The second kappa shape index (κ2) is 5.47. The molecule has 3 N–H and O–H groups in total. The highest BCUT2D eigenvalue weighted by atomic mass is 16.4. The van der Waals surface area contributed by atoms with Crippen LogP contribution >= 0.6 is 0 Å². The Bertz CT molecular complexity index is 383. The number of carboxylic acids is 1. The van der Waals surface area contributed by atoms with Crippen LogP contribution in [0.25, 0.3) is 0 Å². The molecule has 1 rings (SSSR count). The largest absolute Gasteiger partial charge is 0.481 e. The molecule has 0 spiro atoms. The molecule has 0 unspecified atom stereocenters. The van der Waals surface area contributed by atoms with Gasteiger partial charge in [0.2, 0.25) is 0 Å². The summed E-state index contributed by atoms with van der Waals surface area (Å²) in [5, 5.41) is 11.8.